The van der Waals surface area contributed by atoms with Crippen LogP contribution in [0.15, 0.2) is 59.8 Å². The third kappa shape index (κ3) is 5.81. The van der Waals surface area contributed by atoms with Crippen LogP contribution in [0.25, 0.3) is 0 Å². The van der Waals surface area contributed by atoms with Crippen LogP contribution in [0.4, 0.5) is 19.0 Å². The average Bonchev–Trinajstić information content (AvgIpc) is 3.54. The molecule has 1 aliphatic carbocycles. The number of anilines is 1. The zero-order valence-corrected chi connectivity index (χ0v) is 21.5. The van der Waals surface area contributed by atoms with Crippen molar-refractivity contribution >= 4 is 15.7 Å². The first-order chi connectivity index (χ1) is 17.6. The minimum Gasteiger partial charge on any atom is -0.347 e. The molecule has 1 saturated heterocycles. The Kier molecular flexibility index (Phi) is 7.00. The SMILES string of the molecule is CC(F)(F)c1ccc(C2CCCN2c2ncnc(CCc3ccc(S(=O)(=O)CC4CC4)cc3)c2F)cc1. The molecule has 2 heterocycles. The van der Waals surface area contributed by atoms with Gasteiger partial charge in [-0.15, -0.1) is 0 Å². The fourth-order valence-electron chi connectivity index (χ4n) is 4.95. The maximum Gasteiger partial charge on any atom is 0.270 e. The van der Waals surface area contributed by atoms with Gasteiger partial charge in [-0.3, -0.25) is 0 Å². The standard InChI is InChI=1S/C28H30F3N3O2S/c1-28(30,31)22-11-9-21(10-12-22)25-3-2-16-34(25)27-26(29)24(32-18-33-27)15-8-19-6-13-23(14-7-19)37(35,36)17-20-4-5-20/h6-7,9-14,18,20,25H,2-5,8,15-17H2,1H3. The van der Waals surface area contributed by atoms with Gasteiger partial charge in [-0.1, -0.05) is 36.4 Å². The number of benzene rings is 2. The summed E-state index contributed by atoms with van der Waals surface area (Å²) >= 11 is 0. The Morgan fingerprint density at radius 3 is 2.32 bits per heavy atom. The van der Waals surface area contributed by atoms with Gasteiger partial charge >= 0.3 is 0 Å². The number of aromatic nitrogens is 2. The molecule has 1 saturated carbocycles. The molecule has 2 aromatic carbocycles. The Hall–Kier alpha value is -2.94. The molecule has 5 rings (SSSR count). The highest BCUT2D eigenvalue weighted by Crippen LogP contribution is 2.38. The van der Waals surface area contributed by atoms with Crippen molar-refractivity contribution in [2.75, 3.05) is 17.2 Å². The van der Waals surface area contributed by atoms with Gasteiger partial charge in [0.25, 0.3) is 5.92 Å². The van der Waals surface area contributed by atoms with E-state index in [4.69, 9.17) is 0 Å². The van der Waals surface area contributed by atoms with Gasteiger partial charge < -0.3 is 4.90 Å². The van der Waals surface area contributed by atoms with Gasteiger partial charge in [0.1, 0.15) is 6.33 Å². The van der Waals surface area contributed by atoms with Crippen molar-refractivity contribution in [3.8, 4) is 0 Å². The minimum atomic E-state index is -3.26. The summed E-state index contributed by atoms with van der Waals surface area (Å²) in [5.74, 6) is -2.68. The Bertz CT molecular complexity index is 1350. The first-order valence-electron chi connectivity index (χ1n) is 12.7. The van der Waals surface area contributed by atoms with Crippen molar-refractivity contribution in [2.24, 2.45) is 5.92 Å². The molecule has 0 N–H and O–H groups in total. The molecule has 196 valence electrons. The molecule has 37 heavy (non-hydrogen) atoms. The molecular formula is C28H30F3N3O2S. The van der Waals surface area contributed by atoms with Crippen molar-refractivity contribution in [3.63, 3.8) is 0 Å². The summed E-state index contributed by atoms with van der Waals surface area (Å²) in [6.45, 7) is 1.48. The smallest absolute Gasteiger partial charge is 0.270 e. The van der Waals surface area contributed by atoms with Gasteiger partial charge in [-0.25, -0.2) is 31.6 Å². The molecule has 2 aliphatic rings. The largest absolute Gasteiger partial charge is 0.347 e. The van der Waals surface area contributed by atoms with Gasteiger partial charge in [0.2, 0.25) is 0 Å². The van der Waals surface area contributed by atoms with Crippen LogP contribution in [0.1, 0.15) is 61.0 Å². The lowest BCUT2D eigenvalue weighted by Gasteiger charge is -2.27. The maximum atomic E-state index is 15.5. The van der Waals surface area contributed by atoms with E-state index in [1.165, 1.54) is 18.5 Å². The lowest BCUT2D eigenvalue weighted by Crippen LogP contribution is -2.25. The van der Waals surface area contributed by atoms with Gasteiger partial charge in [0, 0.05) is 19.0 Å². The molecule has 0 radical (unpaired) electrons. The second-order valence-electron chi connectivity index (χ2n) is 10.2. The number of nitrogens with zero attached hydrogens (tertiary/aromatic N) is 3. The van der Waals surface area contributed by atoms with E-state index < -0.39 is 21.6 Å². The second-order valence-corrected chi connectivity index (χ2v) is 12.2. The van der Waals surface area contributed by atoms with Gasteiger partial charge in [-0.05, 0) is 67.7 Å². The first-order valence-corrected chi connectivity index (χ1v) is 14.3. The van der Waals surface area contributed by atoms with E-state index in [2.05, 4.69) is 9.97 Å². The highest BCUT2D eigenvalue weighted by molar-refractivity contribution is 7.91. The van der Waals surface area contributed by atoms with E-state index in [0.29, 0.717) is 30.0 Å². The second kappa shape index (κ2) is 10.1. The third-order valence-corrected chi connectivity index (χ3v) is 9.16. The highest BCUT2D eigenvalue weighted by Gasteiger charge is 2.32. The molecule has 1 aliphatic heterocycles. The van der Waals surface area contributed by atoms with Gasteiger partial charge in [-0.2, -0.15) is 0 Å². The molecule has 1 aromatic heterocycles. The molecule has 2 fully saturated rings. The fraction of sp³-hybridized carbons (Fsp3) is 0.429. The van der Waals surface area contributed by atoms with E-state index >= 15 is 4.39 Å². The monoisotopic (exact) mass is 529 g/mol. The van der Waals surface area contributed by atoms with Gasteiger partial charge in [0.15, 0.2) is 21.5 Å². The lowest BCUT2D eigenvalue weighted by molar-refractivity contribution is 0.0174. The van der Waals surface area contributed by atoms with Crippen LogP contribution in [-0.4, -0.2) is 30.7 Å². The summed E-state index contributed by atoms with van der Waals surface area (Å²) in [6.07, 6.45) is 5.78. The topological polar surface area (TPSA) is 63.2 Å². The lowest BCUT2D eigenvalue weighted by atomic mass is 10.0. The summed E-state index contributed by atoms with van der Waals surface area (Å²) in [5.41, 5.74) is 1.99. The summed E-state index contributed by atoms with van der Waals surface area (Å²) in [7, 11) is -3.26. The van der Waals surface area contributed by atoms with E-state index in [-0.39, 0.29) is 29.1 Å². The predicted molar refractivity (Wildman–Crippen MR) is 136 cm³/mol. The Morgan fingerprint density at radius 1 is 0.973 bits per heavy atom. The number of aryl methyl sites for hydroxylation is 2. The summed E-state index contributed by atoms with van der Waals surface area (Å²) in [6, 6.07) is 12.9. The van der Waals surface area contributed by atoms with Crippen molar-refractivity contribution in [1.82, 2.24) is 9.97 Å². The van der Waals surface area contributed by atoms with Crippen molar-refractivity contribution in [1.29, 1.82) is 0 Å². The third-order valence-electron chi connectivity index (χ3n) is 7.26. The Labute approximate surface area is 215 Å². The van der Waals surface area contributed by atoms with E-state index in [1.54, 1.807) is 36.4 Å². The molecule has 5 nitrogen and oxygen atoms in total. The van der Waals surface area contributed by atoms with E-state index in [1.807, 2.05) is 4.90 Å². The summed E-state index contributed by atoms with van der Waals surface area (Å²) in [4.78, 5) is 10.6. The maximum absolute atomic E-state index is 15.5. The number of alkyl halides is 2. The van der Waals surface area contributed by atoms with E-state index in [9.17, 15) is 17.2 Å². The van der Waals surface area contributed by atoms with Crippen LogP contribution in [-0.2, 0) is 28.6 Å². The molecule has 0 amide bonds. The zero-order valence-electron chi connectivity index (χ0n) is 20.7. The Morgan fingerprint density at radius 2 is 1.68 bits per heavy atom. The molecular weight excluding hydrogens is 499 g/mol. The number of halogens is 3. The highest BCUT2D eigenvalue weighted by atomic mass is 32.2. The van der Waals surface area contributed by atoms with Crippen LogP contribution in [0.5, 0.6) is 0 Å². The Balaban J connectivity index is 1.28. The molecule has 1 unspecified atom stereocenters. The fourth-order valence-corrected chi connectivity index (χ4v) is 6.65. The van der Waals surface area contributed by atoms with Crippen molar-refractivity contribution < 1.29 is 21.6 Å². The van der Waals surface area contributed by atoms with Crippen LogP contribution in [0.2, 0.25) is 0 Å². The first kappa shape index (κ1) is 25.7. The molecule has 3 aromatic rings. The quantitative estimate of drug-likeness (QED) is 0.338. The van der Waals surface area contributed by atoms with Crippen LogP contribution < -0.4 is 4.90 Å². The molecule has 0 bridgehead atoms. The molecule has 0 spiro atoms. The minimum absolute atomic E-state index is 0.0511. The molecule has 9 heteroatoms. The number of rotatable bonds is 9. The van der Waals surface area contributed by atoms with Crippen molar-refractivity contribution in [2.45, 2.75) is 62.3 Å². The van der Waals surface area contributed by atoms with Gasteiger partial charge in [0.05, 0.1) is 22.4 Å². The summed E-state index contributed by atoms with van der Waals surface area (Å²) < 4.78 is 67.7. The van der Waals surface area contributed by atoms with Crippen LogP contribution >= 0.6 is 0 Å². The molecule has 1 atom stereocenters. The summed E-state index contributed by atoms with van der Waals surface area (Å²) in [5, 5.41) is 0. The average molecular weight is 530 g/mol. The number of hydrogen-bond donors (Lipinski definition) is 0. The van der Waals surface area contributed by atoms with Crippen molar-refractivity contribution in [3.05, 3.63) is 83.1 Å². The van der Waals surface area contributed by atoms with Crippen LogP contribution in [0, 0.1) is 11.7 Å². The zero-order chi connectivity index (χ0) is 26.2. The van der Waals surface area contributed by atoms with Crippen LogP contribution in [0.3, 0.4) is 0 Å². The van der Waals surface area contributed by atoms with E-state index in [0.717, 1.165) is 43.7 Å². The number of hydrogen-bond acceptors (Lipinski definition) is 5. The number of sulfone groups is 1. The normalized spacial score (nSPS) is 18.4. The predicted octanol–water partition coefficient (Wildman–Crippen LogP) is 6.04.